The Balaban J connectivity index is 1.69. The van der Waals surface area contributed by atoms with Gasteiger partial charge in [-0.15, -0.1) is 0 Å². The first-order valence-corrected chi connectivity index (χ1v) is 7.72. The average molecular weight is 313 g/mol. The molecular formula is C17H19N3O3. The highest BCUT2D eigenvalue weighted by molar-refractivity contribution is 5.95. The Labute approximate surface area is 134 Å². The Morgan fingerprint density at radius 2 is 2.09 bits per heavy atom. The van der Waals surface area contributed by atoms with Crippen molar-refractivity contribution in [1.29, 1.82) is 0 Å². The number of carbonyl (C=O) groups is 2. The molecule has 6 nitrogen and oxygen atoms in total. The molecule has 0 aliphatic heterocycles. The zero-order valence-corrected chi connectivity index (χ0v) is 12.7. The van der Waals surface area contributed by atoms with Crippen molar-refractivity contribution in [3.05, 3.63) is 53.9 Å². The zero-order chi connectivity index (χ0) is 16.2. The van der Waals surface area contributed by atoms with Crippen LogP contribution in [0.5, 0.6) is 0 Å². The van der Waals surface area contributed by atoms with Crippen molar-refractivity contribution in [3.63, 3.8) is 0 Å². The summed E-state index contributed by atoms with van der Waals surface area (Å²) in [5.74, 6) is -1.27. The smallest absolute Gasteiger partial charge is 0.306 e. The third-order valence-electron chi connectivity index (χ3n) is 4.27. The molecule has 2 aromatic rings. The van der Waals surface area contributed by atoms with E-state index in [1.165, 1.54) is 0 Å². The summed E-state index contributed by atoms with van der Waals surface area (Å²) in [4.78, 5) is 23.6. The predicted molar refractivity (Wildman–Crippen MR) is 84.0 cm³/mol. The topological polar surface area (TPSA) is 84.2 Å². The normalized spacial score (nSPS) is 20.3. The van der Waals surface area contributed by atoms with Gasteiger partial charge in [-0.3, -0.25) is 14.3 Å². The first-order chi connectivity index (χ1) is 11.1. The van der Waals surface area contributed by atoms with E-state index in [-0.39, 0.29) is 17.9 Å². The molecule has 3 rings (SSSR count). The number of benzene rings is 1. The van der Waals surface area contributed by atoms with Gasteiger partial charge in [0.15, 0.2) is 0 Å². The number of hydrogen-bond donors (Lipinski definition) is 2. The number of nitrogens with one attached hydrogen (secondary N) is 1. The van der Waals surface area contributed by atoms with Gasteiger partial charge in [-0.1, -0.05) is 18.2 Å². The molecule has 120 valence electrons. The molecule has 1 aliphatic rings. The first kappa shape index (κ1) is 15.3. The van der Waals surface area contributed by atoms with Gasteiger partial charge in [-0.2, -0.15) is 5.10 Å². The van der Waals surface area contributed by atoms with Crippen molar-refractivity contribution in [2.24, 2.45) is 5.92 Å². The van der Waals surface area contributed by atoms with Gasteiger partial charge in [0.1, 0.15) is 0 Å². The quantitative estimate of drug-likeness (QED) is 0.883. The van der Waals surface area contributed by atoms with E-state index in [2.05, 4.69) is 10.4 Å². The Bertz CT molecular complexity index is 697. The number of hydrogen-bond acceptors (Lipinski definition) is 3. The molecule has 1 heterocycles. The standard InChI is InChI=1S/C17H19N3O3/c21-16(19-14-7-6-12(10-14)17(22)23)15-5-2-1-4-13(15)11-20-9-3-8-18-20/h1-5,8-9,12,14H,6-7,10-11H2,(H,19,21)(H,22,23)/t12-,14+/m0/s1. The van der Waals surface area contributed by atoms with Crippen molar-refractivity contribution in [2.75, 3.05) is 0 Å². The van der Waals surface area contributed by atoms with Gasteiger partial charge in [0, 0.05) is 24.0 Å². The number of aromatic nitrogens is 2. The molecule has 0 saturated heterocycles. The van der Waals surface area contributed by atoms with Crippen LogP contribution in [0.4, 0.5) is 0 Å². The maximum atomic E-state index is 12.5. The highest BCUT2D eigenvalue weighted by Gasteiger charge is 2.30. The summed E-state index contributed by atoms with van der Waals surface area (Å²) in [5.41, 5.74) is 1.50. The van der Waals surface area contributed by atoms with Gasteiger partial charge in [-0.25, -0.2) is 0 Å². The van der Waals surface area contributed by atoms with Crippen LogP contribution in [0.1, 0.15) is 35.2 Å². The van der Waals surface area contributed by atoms with Crippen molar-refractivity contribution in [1.82, 2.24) is 15.1 Å². The van der Waals surface area contributed by atoms with Crippen LogP contribution in [-0.2, 0) is 11.3 Å². The number of nitrogens with zero attached hydrogens (tertiary/aromatic N) is 2. The number of rotatable bonds is 5. The molecule has 0 radical (unpaired) electrons. The fourth-order valence-corrected chi connectivity index (χ4v) is 3.05. The molecule has 2 N–H and O–H groups in total. The highest BCUT2D eigenvalue weighted by Crippen LogP contribution is 2.26. The van der Waals surface area contributed by atoms with Gasteiger partial charge < -0.3 is 10.4 Å². The molecule has 1 aromatic carbocycles. The molecule has 1 aliphatic carbocycles. The number of aliphatic carboxylic acids is 1. The zero-order valence-electron chi connectivity index (χ0n) is 12.7. The Morgan fingerprint density at radius 1 is 1.26 bits per heavy atom. The van der Waals surface area contributed by atoms with E-state index >= 15 is 0 Å². The van der Waals surface area contributed by atoms with Gasteiger partial charge >= 0.3 is 5.97 Å². The third-order valence-corrected chi connectivity index (χ3v) is 4.27. The second-order valence-electron chi connectivity index (χ2n) is 5.88. The van der Waals surface area contributed by atoms with E-state index in [4.69, 9.17) is 5.11 Å². The number of carboxylic acids is 1. The van der Waals surface area contributed by atoms with Crippen LogP contribution >= 0.6 is 0 Å². The van der Waals surface area contributed by atoms with Crippen LogP contribution in [-0.4, -0.2) is 32.8 Å². The van der Waals surface area contributed by atoms with Crippen LogP contribution < -0.4 is 5.32 Å². The first-order valence-electron chi connectivity index (χ1n) is 7.72. The van der Waals surface area contributed by atoms with Gasteiger partial charge in [-0.05, 0) is 37.0 Å². The lowest BCUT2D eigenvalue weighted by Gasteiger charge is -2.15. The summed E-state index contributed by atoms with van der Waals surface area (Å²) in [6.07, 6.45) is 5.39. The van der Waals surface area contributed by atoms with Gasteiger partial charge in [0.05, 0.1) is 12.5 Å². The van der Waals surface area contributed by atoms with E-state index in [0.29, 0.717) is 31.4 Å². The van der Waals surface area contributed by atoms with Crippen molar-refractivity contribution < 1.29 is 14.7 Å². The van der Waals surface area contributed by atoms with E-state index in [0.717, 1.165) is 5.56 Å². The molecule has 0 bridgehead atoms. The van der Waals surface area contributed by atoms with Crippen LogP contribution in [0.25, 0.3) is 0 Å². The van der Waals surface area contributed by atoms with Crippen LogP contribution in [0.3, 0.4) is 0 Å². The number of carboxylic acid groups (broad SMARTS) is 1. The Kier molecular flexibility index (Phi) is 4.41. The van der Waals surface area contributed by atoms with E-state index in [1.54, 1.807) is 16.9 Å². The summed E-state index contributed by atoms with van der Waals surface area (Å²) in [7, 11) is 0. The van der Waals surface area contributed by atoms with E-state index < -0.39 is 5.97 Å². The fraction of sp³-hybridized carbons (Fsp3) is 0.353. The molecule has 1 amide bonds. The van der Waals surface area contributed by atoms with Crippen molar-refractivity contribution >= 4 is 11.9 Å². The highest BCUT2D eigenvalue weighted by atomic mass is 16.4. The summed E-state index contributed by atoms with van der Waals surface area (Å²) >= 11 is 0. The summed E-state index contributed by atoms with van der Waals surface area (Å²) in [5, 5.41) is 16.2. The minimum Gasteiger partial charge on any atom is -0.481 e. The third kappa shape index (κ3) is 3.59. The molecule has 6 heteroatoms. The lowest BCUT2D eigenvalue weighted by atomic mass is 10.1. The minimum absolute atomic E-state index is 0.0682. The molecule has 0 unspecified atom stereocenters. The summed E-state index contributed by atoms with van der Waals surface area (Å²) in [6.45, 7) is 0.527. The Morgan fingerprint density at radius 3 is 2.78 bits per heavy atom. The lowest BCUT2D eigenvalue weighted by molar-refractivity contribution is -0.141. The maximum absolute atomic E-state index is 12.5. The molecule has 1 saturated carbocycles. The summed E-state index contributed by atoms with van der Waals surface area (Å²) < 4.78 is 1.77. The van der Waals surface area contributed by atoms with Crippen molar-refractivity contribution in [2.45, 2.75) is 31.8 Å². The number of amides is 1. The molecule has 23 heavy (non-hydrogen) atoms. The minimum atomic E-state index is -0.777. The second-order valence-corrected chi connectivity index (χ2v) is 5.88. The maximum Gasteiger partial charge on any atom is 0.306 e. The molecule has 2 atom stereocenters. The largest absolute Gasteiger partial charge is 0.481 e. The monoisotopic (exact) mass is 313 g/mol. The lowest BCUT2D eigenvalue weighted by Crippen LogP contribution is -2.34. The van der Waals surface area contributed by atoms with Gasteiger partial charge in [0.25, 0.3) is 5.91 Å². The second kappa shape index (κ2) is 6.64. The van der Waals surface area contributed by atoms with E-state index in [1.807, 2.05) is 30.5 Å². The van der Waals surface area contributed by atoms with Crippen LogP contribution in [0, 0.1) is 5.92 Å². The SMILES string of the molecule is O=C(N[C@@H]1CC[C@H](C(=O)O)C1)c1ccccc1Cn1cccn1. The van der Waals surface area contributed by atoms with Gasteiger partial charge in [0.2, 0.25) is 0 Å². The fourth-order valence-electron chi connectivity index (χ4n) is 3.05. The van der Waals surface area contributed by atoms with E-state index in [9.17, 15) is 9.59 Å². The molecule has 0 spiro atoms. The predicted octanol–water partition coefficient (Wildman–Crippen LogP) is 1.91. The van der Waals surface area contributed by atoms with Crippen molar-refractivity contribution in [3.8, 4) is 0 Å². The van der Waals surface area contributed by atoms with Crippen LogP contribution in [0.2, 0.25) is 0 Å². The average Bonchev–Trinajstić information content (AvgIpc) is 3.19. The molecular weight excluding hydrogens is 294 g/mol. The number of carbonyl (C=O) groups excluding carboxylic acids is 1. The summed E-state index contributed by atoms with van der Waals surface area (Å²) in [6, 6.07) is 9.19. The molecule has 1 aromatic heterocycles. The Hall–Kier alpha value is -2.63. The molecule has 1 fully saturated rings. The van der Waals surface area contributed by atoms with Crippen LogP contribution in [0.15, 0.2) is 42.7 Å².